The van der Waals surface area contributed by atoms with Crippen molar-refractivity contribution in [2.75, 3.05) is 16.8 Å². The van der Waals surface area contributed by atoms with Gasteiger partial charge in [-0.05, 0) is 42.3 Å². The zero-order valence-electron chi connectivity index (χ0n) is 14.8. The Bertz CT molecular complexity index is 902. The van der Waals surface area contributed by atoms with E-state index in [4.69, 9.17) is 0 Å². The highest BCUT2D eigenvalue weighted by atomic mass is 16.2. The molecule has 2 aromatic carbocycles. The predicted octanol–water partition coefficient (Wildman–Crippen LogP) is 3.36. The van der Waals surface area contributed by atoms with Crippen molar-refractivity contribution in [1.82, 2.24) is 14.8 Å². The maximum Gasteiger partial charge on any atom is 0.258 e. The van der Waals surface area contributed by atoms with Gasteiger partial charge >= 0.3 is 0 Å². The highest BCUT2D eigenvalue weighted by Crippen LogP contribution is 2.33. The van der Waals surface area contributed by atoms with Crippen LogP contribution in [0.1, 0.15) is 24.2 Å². The van der Waals surface area contributed by atoms with Crippen molar-refractivity contribution in [3.8, 4) is 5.69 Å². The number of aromatic nitrogens is 3. The summed E-state index contributed by atoms with van der Waals surface area (Å²) in [6, 6.07) is 15.6. The van der Waals surface area contributed by atoms with Crippen molar-refractivity contribution in [3.05, 3.63) is 66.7 Å². The number of para-hydroxylation sites is 2. The number of benzene rings is 2. The van der Waals surface area contributed by atoms with Gasteiger partial charge in [0.05, 0.1) is 17.1 Å². The maximum absolute atomic E-state index is 13.2. The Labute approximate surface area is 152 Å². The van der Waals surface area contributed by atoms with Crippen molar-refractivity contribution in [2.24, 2.45) is 5.92 Å². The van der Waals surface area contributed by atoms with Crippen molar-refractivity contribution in [3.63, 3.8) is 0 Å². The van der Waals surface area contributed by atoms with E-state index in [2.05, 4.69) is 29.2 Å². The number of hydrogen-bond acceptors (Lipinski definition) is 4. The number of carbonyl (C=O) groups excluding carboxylic acids is 1. The second kappa shape index (κ2) is 6.63. The molecule has 0 saturated carbocycles. The van der Waals surface area contributed by atoms with E-state index in [1.807, 2.05) is 53.4 Å². The molecule has 1 unspecified atom stereocenters. The highest BCUT2D eigenvalue weighted by molar-refractivity contribution is 6.08. The van der Waals surface area contributed by atoms with Gasteiger partial charge in [-0.2, -0.15) is 5.10 Å². The van der Waals surface area contributed by atoms with Crippen LogP contribution in [-0.4, -0.2) is 33.3 Å². The second-order valence-electron chi connectivity index (χ2n) is 6.81. The average molecular weight is 347 g/mol. The smallest absolute Gasteiger partial charge is 0.258 e. The van der Waals surface area contributed by atoms with Crippen LogP contribution in [0.15, 0.2) is 61.2 Å². The van der Waals surface area contributed by atoms with E-state index in [-0.39, 0.29) is 11.9 Å². The molecule has 0 aliphatic carbocycles. The summed E-state index contributed by atoms with van der Waals surface area (Å²) in [5, 5.41) is 7.66. The molecule has 6 heteroatoms. The Morgan fingerprint density at radius 1 is 1.15 bits per heavy atom. The van der Waals surface area contributed by atoms with Crippen molar-refractivity contribution in [2.45, 2.75) is 19.9 Å². The first kappa shape index (κ1) is 16.3. The molecule has 1 amide bonds. The SMILES string of the molecule is CC(C)C1CN(C(=O)c2ccc(-n3cncn3)cc2)c2ccccc2N1. The first-order valence-electron chi connectivity index (χ1n) is 8.76. The van der Waals surface area contributed by atoms with Gasteiger partial charge in [0.25, 0.3) is 5.91 Å². The van der Waals surface area contributed by atoms with Crippen LogP contribution in [0.2, 0.25) is 0 Å². The second-order valence-corrected chi connectivity index (χ2v) is 6.81. The molecule has 0 saturated heterocycles. The molecule has 1 aliphatic rings. The monoisotopic (exact) mass is 347 g/mol. The molecule has 0 radical (unpaired) electrons. The normalized spacial score (nSPS) is 16.3. The first-order chi connectivity index (χ1) is 12.6. The predicted molar refractivity (Wildman–Crippen MR) is 102 cm³/mol. The molecule has 6 nitrogen and oxygen atoms in total. The van der Waals surface area contributed by atoms with E-state index >= 15 is 0 Å². The molecular weight excluding hydrogens is 326 g/mol. The molecule has 132 valence electrons. The lowest BCUT2D eigenvalue weighted by Gasteiger charge is -2.37. The number of rotatable bonds is 3. The summed E-state index contributed by atoms with van der Waals surface area (Å²) in [6.07, 6.45) is 3.12. The third-order valence-corrected chi connectivity index (χ3v) is 4.76. The van der Waals surface area contributed by atoms with Gasteiger partial charge in [-0.15, -0.1) is 0 Å². The van der Waals surface area contributed by atoms with E-state index in [0.717, 1.165) is 17.1 Å². The van der Waals surface area contributed by atoms with E-state index in [0.29, 0.717) is 18.0 Å². The standard InChI is InChI=1S/C20H21N5O/c1-14(2)18-11-24(19-6-4-3-5-17(19)23-18)20(26)15-7-9-16(10-8-15)25-13-21-12-22-25/h3-10,12-14,18,23H,11H2,1-2H3. The minimum atomic E-state index is 0.00902. The van der Waals surface area contributed by atoms with E-state index in [1.165, 1.54) is 6.33 Å². The fourth-order valence-corrected chi connectivity index (χ4v) is 3.20. The minimum absolute atomic E-state index is 0.00902. The number of hydrogen-bond donors (Lipinski definition) is 1. The summed E-state index contributed by atoms with van der Waals surface area (Å²) in [4.78, 5) is 19.0. The molecule has 1 N–H and O–H groups in total. The average Bonchev–Trinajstić information content (AvgIpc) is 3.21. The summed E-state index contributed by atoms with van der Waals surface area (Å²) in [7, 11) is 0. The fourth-order valence-electron chi connectivity index (χ4n) is 3.20. The molecule has 1 aromatic heterocycles. The van der Waals surface area contributed by atoms with Gasteiger partial charge in [0.15, 0.2) is 0 Å². The molecular formula is C20H21N5O. The van der Waals surface area contributed by atoms with Crippen LogP contribution < -0.4 is 10.2 Å². The molecule has 2 heterocycles. The zero-order valence-corrected chi connectivity index (χ0v) is 14.8. The Kier molecular flexibility index (Phi) is 4.16. The molecule has 1 aliphatic heterocycles. The summed E-state index contributed by atoms with van der Waals surface area (Å²) < 4.78 is 1.67. The highest BCUT2D eigenvalue weighted by Gasteiger charge is 2.29. The molecule has 0 spiro atoms. The van der Waals surface area contributed by atoms with Crippen LogP contribution in [0.3, 0.4) is 0 Å². The van der Waals surface area contributed by atoms with Gasteiger partial charge in [-0.25, -0.2) is 9.67 Å². The Morgan fingerprint density at radius 3 is 2.62 bits per heavy atom. The summed E-state index contributed by atoms with van der Waals surface area (Å²) in [5.74, 6) is 0.433. The van der Waals surface area contributed by atoms with Gasteiger partial charge in [0.2, 0.25) is 0 Å². The van der Waals surface area contributed by atoms with Crippen molar-refractivity contribution < 1.29 is 4.79 Å². The molecule has 0 fully saturated rings. The van der Waals surface area contributed by atoms with Gasteiger partial charge < -0.3 is 10.2 Å². The Morgan fingerprint density at radius 2 is 1.92 bits per heavy atom. The van der Waals surface area contributed by atoms with Gasteiger partial charge in [0, 0.05) is 18.2 Å². The van der Waals surface area contributed by atoms with Crippen LogP contribution in [0, 0.1) is 5.92 Å². The molecule has 0 bridgehead atoms. The maximum atomic E-state index is 13.2. The van der Waals surface area contributed by atoms with Crippen LogP contribution in [0.5, 0.6) is 0 Å². The van der Waals surface area contributed by atoms with Gasteiger partial charge in [-0.1, -0.05) is 26.0 Å². The van der Waals surface area contributed by atoms with Crippen LogP contribution >= 0.6 is 0 Å². The lowest BCUT2D eigenvalue weighted by Crippen LogP contribution is -2.47. The molecule has 3 aromatic rings. The first-order valence-corrected chi connectivity index (χ1v) is 8.76. The van der Waals surface area contributed by atoms with Crippen molar-refractivity contribution in [1.29, 1.82) is 0 Å². The van der Waals surface area contributed by atoms with Crippen LogP contribution in [0.25, 0.3) is 5.69 Å². The van der Waals surface area contributed by atoms with E-state index in [1.54, 1.807) is 11.0 Å². The third-order valence-electron chi connectivity index (χ3n) is 4.76. The Balaban J connectivity index is 1.64. The largest absolute Gasteiger partial charge is 0.379 e. The lowest BCUT2D eigenvalue weighted by atomic mass is 9.99. The zero-order chi connectivity index (χ0) is 18.1. The Hall–Kier alpha value is -3.15. The van der Waals surface area contributed by atoms with Crippen molar-refractivity contribution >= 4 is 17.3 Å². The van der Waals surface area contributed by atoms with E-state index in [9.17, 15) is 4.79 Å². The molecule has 1 atom stereocenters. The van der Waals surface area contributed by atoms with E-state index < -0.39 is 0 Å². The summed E-state index contributed by atoms with van der Waals surface area (Å²) >= 11 is 0. The van der Waals surface area contributed by atoms with Gasteiger partial charge in [-0.3, -0.25) is 4.79 Å². The number of anilines is 2. The third kappa shape index (κ3) is 2.94. The fraction of sp³-hybridized carbons (Fsp3) is 0.250. The minimum Gasteiger partial charge on any atom is -0.379 e. The number of nitrogens with zero attached hydrogens (tertiary/aromatic N) is 4. The number of amides is 1. The number of nitrogens with one attached hydrogen (secondary N) is 1. The molecule has 4 rings (SSSR count). The van der Waals surface area contributed by atoms with Crippen LogP contribution in [-0.2, 0) is 0 Å². The topological polar surface area (TPSA) is 63.1 Å². The number of carbonyl (C=O) groups is 1. The van der Waals surface area contributed by atoms with Crippen LogP contribution in [0.4, 0.5) is 11.4 Å². The number of fused-ring (bicyclic) bond motifs is 1. The lowest BCUT2D eigenvalue weighted by molar-refractivity contribution is 0.0983. The summed E-state index contributed by atoms with van der Waals surface area (Å²) in [5.41, 5.74) is 3.47. The van der Waals surface area contributed by atoms with Gasteiger partial charge in [0.1, 0.15) is 12.7 Å². The molecule has 26 heavy (non-hydrogen) atoms. The quantitative estimate of drug-likeness (QED) is 0.789. The summed E-state index contributed by atoms with van der Waals surface area (Å²) in [6.45, 7) is 4.99.